The molecule has 1 unspecified atom stereocenters. The standard InChI is InChI=1S/C11H17NO2S2/c1-9(7-13)16-8-11(14)12(2)6-10-4-3-5-15-10/h3-5,9,13H,6-8H2,1-2H3. The fourth-order valence-electron chi connectivity index (χ4n) is 1.10. The Labute approximate surface area is 104 Å². The Morgan fingerprint density at radius 3 is 3.00 bits per heavy atom. The maximum Gasteiger partial charge on any atom is 0.232 e. The van der Waals surface area contributed by atoms with E-state index in [4.69, 9.17) is 5.11 Å². The number of aliphatic hydroxyl groups is 1. The van der Waals surface area contributed by atoms with Crippen LogP contribution < -0.4 is 0 Å². The molecule has 1 amide bonds. The molecule has 0 spiro atoms. The lowest BCUT2D eigenvalue weighted by atomic mass is 10.4. The van der Waals surface area contributed by atoms with Crippen LogP contribution >= 0.6 is 23.1 Å². The van der Waals surface area contributed by atoms with Gasteiger partial charge in [-0.05, 0) is 11.4 Å². The summed E-state index contributed by atoms with van der Waals surface area (Å²) in [5.74, 6) is 0.544. The molecule has 0 saturated carbocycles. The zero-order chi connectivity index (χ0) is 12.0. The SMILES string of the molecule is CC(CO)SCC(=O)N(C)Cc1cccs1. The average Bonchev–Trinajstić information content (AvgIpc) is 2.77. The summed E-state index contributed by atoms with van der Waals surface area (Å²) >= 11 is 3.14. The van der Waals surface area contributed by atoms with Gasteiger partial charge >= 0.3 is 0 Å². The lowest BCUT2D eigenvalue weighted by Crippen LogP contribution is -2.28. The molecule has 1 heterocycles. The van der Waals surface area contributed by atoms with Gasteiger partial charge in [0.1, 0.15) is 0 Å². The smallest absolute Gasteiger partial charge is 0.232 e. The van der Waals surface area contributed by atoms with E-state index in [0.29, 0.717) is 12.3 Å². The predicted molar refractivity (Wildman–Crippen MR) is 69.8 cm³/mol. The predicted octanol–water partition coefficient (Wildman–Crippen LogP) is 1.82. The zero-order valence-corrected chi connectivity index (χ0v) is 11.2. The number of hydrogen-bond acceptors (Lipinski definition) is 4. The molecule has 0 bridgehead atoms. The number of carbonyl (C=O) groups is 1. The maximum absolute atomic E-state index is 11.7. The Hall–Kier alpha value is -0.520. The van der Waals surface area contributed by atoms with Crippen LogP contribution in [-0.4, -0.2) is 40.6 Å². The molecule has 16 heavy (non-hydrogen) atoms. The number of thiophene rings is 1. The summed E-state index contributed by atoms with van der Waals surface area (Å²) in [4.78, 5) is 14.6. The van der Waals surface area contributed by atoms with E-state index in [9.17, 15) is 4.79 Å². The van der Waals surface area contributed by atoms with Crippen molar-refractivity contribution in [3.05, 3.63) is 22.4 Å². The van der Waals surface area contributed by atoms with Crippen LogP contribution in [0, 0.1) is 0 Å². The van der Waals surface area contributed by atoms with Crippen molar-refractivity contribution in [3.8, 4) is 0 Å². The first kappa shape index (κ1) is 13.5. The van der Waals surface area contributed by atoms with Gasteiger partial charge in [0, 0.05) is 17.2 Å². The van der Waals surface area contributed by atoms with Gasteiger partial charge in [-0.3, -0.25) is 4.79 Å². The Bertz CT molecular complexity index is 314. The Morgan fingerprint density at radius 2 is 2.44 bits per heavy atom. The molecule has 1 aromatic rings. The molecule has 0 fully saturated rings. The minimum absolute atomic E-state index is 0.110. The van der Waals surface area contributed by atoms with E-state index < -0.39 is 0 Å². The van der Waals surface area contributed by atoms with Crippen molar-refractivity contribution in [3.63, 3.8) is 0 Å². The summed E-state index contributed by atoms with van der Waals surface area (Å²) in [6.07, 6.45) is 0. The summed E-state index contributed by atoms with van der Waals surface area (Å²) in [5, 5.41) is 11.0. The second kappa shape index (κ2) is 6.93. The summed E-state index contributed by atoms with van der Waals surface area (Å²) in [6.45, 7) is 2.70. The first-order valence-corrected chi connectivity index (χ1v) is 7.05. The summed E-state index contributed by atoms with van der Waals surface area (Å²) in [6, 6.07) is 4.01. The van der Waals surface area contributed by atoms with Crippen LogP contribution in [0.5, 0.6) is 0 Å². The van der Waals surface area contributed by atoms with Crippen molar-refractivity contribution < 1.29 is 9.90 Å². The fraction of sp³-hybridized carbons (Fsp3) is 0.545. The molecular weight excluding hydrogens is 242 g/mol. The topological polar surface area (TPSA) is 40.5 Å². The first-order chi connectivity index (χ1) is 7.63. The van der Waals surface area contributed by atoms with Crippen LogP contribution in [-0.2, 0) is 11.3 Å². The van der Waals surface area contributed by atoms with E-state index in [1.54, 1.807) is 16.2 Å². The van der Waals surface area contributed by atoms with Gasteiger partial charge < -0.3 is 10.0 Å². The molecular formula is C11H17NO2S2. The molecule has 0 saturated heterocycles. The van der Waals surface area contributed by atoms with Crippen molar-refractivity contribution >= 4 is 29.0 Å². The average molecular weight is 259 g/mol. The van der Waals surface area contributed by atoms with Crippen LogP contribution in [0.2, 0.25) is 0 Å². The number of nitrogens with zero attached hydrogens (tertiary/aromatic N) is 1. The third kappa shape index (κ3) is 4.55. The highest BCUT2D eigenvalue weighted by molar-refractivity contribution is 8.00. The fourth-order valence-corrected chi connectivity index (χ4v) is 2.61. The van der Waals surface area contributed by atoms with Gasteiger partial charge in [-0.1, -0.05) is 13.0 Å². The lowest BCUT2D eigenvalue weighted by molar-refractivity contribution is -0.127. The Morgan fingerprint density at radius 1 is 1.69 bits per heavy atom. The lowest BCUT2D eigenvalue weighted by Gasteiger charge is -2.17. The van der Waals surface area contributed by atoms with E-state index in [1.807, 2.05) is 31.5 Å². The molecule has 5 heteroatoms. The van der Waals surface area contributed by atoms with Crippen LogP contribution in [0.15, 0.2) is 17.5 Å². The number of rotatable bonds is 6. The highest BCUT2D eigenvalue weighted by Gasteiger charge is 2.11. The molecule has 1 N–H and O–H groups in total. The molecule has 0 radical (unpaired) electrons. The minimum Gasteiger partial charge on any atom is -0.395 e. The van der Waals surface area contributed by atoms with Gasteiger partial charge in [0.15, 0.2) is 0 Å². The monoisotopic (exact) mass is 259 g/mol. The van der Waals surface area contributed by atoms with Gasteiger partial charge in [-0.15, -0.1) is 23.1 Å². The molecule has 0 aliphatic rings. The molecule has 3 nitrogen and oxygen atoms in total. The number of thioether (sulfide) groups is 1. The van der Waals surface area contributed by atoms with Crippen molar-refractivity contribution in [2.24, 2.45) is 0 Å². The molecule has 1 aromatic heterocycles. The summed E-state index contributed by atoms with van der Waals surface area (Å²) in [7, 11) is 1.81. The Balaban J connectivity index is 2.31. The van der Waals surface area contributed by atoms with E-state index in [1.165, 1.54) is 16.6 Å². The highest BCUT2D eigenvalue weighted by atomic mass is 32.2. The van der Waals surface area contributed by atoms with Gasteiger partial charge in [0.25, 0.3) is 0 Å². The molecule has 0 aliphatic heterocycles. The van der Waals surface area contributed by atoms with Crippen molar-refractivity contribution in [2.45, 2.75) is 18.7 Å². The summed E-state index contributed by atoms with van der Waals surface area (Å²) in [5.41, 5.74) is 0. The molecule has 90 valence electrons. The van der Waals surface area contributed by atoms with Crippen LogP contribution in [0.4, 0.5) is 0 Å². The number of amides is 1. The second-order valence-corrected chi connectivity index (χ2v) is 6.09. The third-order valence-corrected chi connectivity index (χ3v) is 4.14. The number of aliphatic hydroxyl groups excluding tert-OH is 1. The number of carbonyl (C=O) groups excluding carboxylic acids is 1. The van der Waals surface area contributed by atoms with Gasteiger partial charge in [0.05, 0.1) is 18.9 Å². The second-order valence-electron chi connectivity index (χ2n) is 3.63. The first-order valence-electron chi connectivity index (χ1n) is 5.12. The van der Waals surface area contributed by atoms with Crippen LogP contribution in [0.3, 0.4) is 0 Å². The number of hydrogen-bond donors (Lipinski definition) is 1. The van der Waals surface area contributed by atoms with Crippen LogP contribution in [0.25, 0.3) is 0 Å². The molecule has 0 aliphatic carbocycles. The van der Waals surface area contributed by atoms with Gasteiger partial charge in [0.2, 0.25) is 5.91 Å². The molecule has 1 rings (SSSR count). The zero-order valence-electron chi connectivity index (χ0n) is 9.55. The van der Waals surface area contributed by atoms with E-state index in [-0.39, 0.29) is 17.8 Å². The van der Waals surface area contributed by atoms with Crippen molar-refractivity contribution in [1.29, 1.82) is 0 Å². The summed E-state index contributed by atoms with van der Waals surface area (Å²) < 4.78 is 0. The molecule has 1 atom stereocenters. The van der Waals surface area contributed by atoms with Crippen LogP contribution in [0.1, 0.15) is 11.8 Å². The third-order valence-electron chi connectivity index (χ3n) is 2.15. The van der Waals surface area contributed by atoms with E-state index >= 15 is 0 Å². The maximum atomic E-state index is 11.7. The minimum atomic E-state index is 0.110. The normalized spacial score (nSPS) is 12.4. The highest BCUT2D eigenvalue weighted by Crippen LogP contribution is 2.13. The quantitative estimate of drug-likeness (QED) is 0.847. The largest absolute Gasteiger partial charge is 0.395 e. The van der Waals surface area contributed by atoms with Gasteiger partial charge in [-0.25, -0.2) is 0 Å². The van der Waals surface area contributed by atoms with Crippen molar-refractivity contribution in [2.75, 3.05) is 19.4 Å². The van der Waals surface area contributed by atoms with E-state index in [0.717, 1.165) is 0 Å². The molecule has 0 aromatic carbocycles. The Kier molecular flexibility index (Phi) is 5.87. The van der Waals surface area contributed by atoms with Crippen molar-refractivity contribution in [1.82, 2.24) is 4.90 Å². The van der Waals surface area contributed by atoms with E-state index in [2.05, 4.69) is 0 Å². The van der Waals surface area contributed by atoms with Gasteiger partial charge in [-0.2, -0.15) is 0 Å².